The quantitative estimate of drug-likeness (QED) is 0.755. The van der Waals surface area contributed by atoms with Crippen molar-refractivity contribution in [3.8, 4) is 0 Å². The molecule has 0 bridgehead atoms. The minimum Gasteiger partial charge on any atom is -0.465 e. The van der Waals surface area contributed by atoms with Crippen molar-refractivity contribution in [3.05, 3.63) is 35.4 Å². The smallest absolute Gasteiger partial charge is 0.338 e. The summed E-state index contributed by atoms with van der Waals surface area (Å²) < 4.78 is 10.2. The van der Waals surface area contributed by atoms with Gasteiger partial charge in [0.25, 0.3) is 0 Å². The predicted molar refractivity (Wildman–Crippen MR) is 87.6 cm³/mol. The standard InChI is InChI=1S/C18H25NO4/c1-3-4-10-19-11-8-16(9-12-19)23-18(21)15-7-5-6-14(13-15)17(20)22-2/h5-7,13,16H,3-4,8-12H2,1-2H3. The number of benzene rings is 1. The topological polar surface area (TPSA) is 55.8 Å². The Morgan fingerprint density at radius 3 is 2.43 bits per heavy atom. The third kappa shape index (κ3) is 5.06. The summed E-state index contributed by atoms with van der Waals surface area (Å²) in [7, 11) is 1.32. The van der Waals surface area contributed by atoms with Crippen molar-refractivity contribution >= 4 is 11.9 Å². The first-order valence-electron chi connectivity index (χ1n) is 8.25. The van der Waals surface area contributed by atoms with E-state index in [0.29, 0.717) is 11.1 Å². The van der Waals surface area contributed by atoms with E-state index in [1.807, 2.05) is 0 Å². The highest BCUT2D eigenvalue weighted by molar-refractivity contribution is 5.95. The molecule has 5 nitrogen and oxygen atoms in total. The molecular weight excluding hydrogens is 294 g/mol. The van der Waals surface area contributed by atoms with Crippen molar-refractivity contribution in [1.29, 1.82) is 0 Å². The Bertz CT molecular complexity index is 536. The minimum atomic E-state index is -0.455. The second-order valence-electron chi connectivity index (χ2n) is 5.87. The van der Waals surface area contributed by atoms with Crippen LogP contribution in [0, 0.1) is 0 Å². The van der Waals surface area contributed by atoms with Crippen molar-refractivity contribution in [2.75, 3.05) is 26.7 Å². The number of hydrogen-bond donors (Lipinski definition) is 0. The van der Waals surface area contributed by atoms with E-state index in [1.165, 1.54) is 26.0 Å². The molecule has 0 unspecified atom stereocenters. The molecule has 1 aromatic carbocycles. The zero-order valence-electron chi connectivity index (χ0n) is 13.9. The third-order valence-corrected chi connectivity index (χ3v) is 4.16. The Morgan fingerprint density at radius 2 is 1.83 bits per heavy atom. The van der Waals surface area contributed by atoms with E-state index in [4.69, 9.17) is 4.74 Å². The van der Waals surface area contributed by atoms with Crippen LogP contribution in [0.1, 0.15) is 53.3 Å². The van der Waals surface area contributed by atoms with Crippen molar-refractivity contribution in [2.45, 2.75) is 38.7 Å². The van der Waals surface area contributed by atoms with E-state index in [0.717, 1.165) is 32.5 Å². The van der Waals surface area contributed by atoms with Crippen molar-refractivity contribution in [3.63, 3.8) is 0 Å². The van der Waals surface area contributed by atoms with Gasteiger partial charge in [-0.3, -0.25) is 0 Å². The van der Waals surface area contributed by atoms with E-state index in [-0.39, 0.29) is 12.1 Å². The fourth-order valence-electron chi connectivity index (χ4n) is 2.74. The van der Waals surface area contributed by atoms with Crippen molar-refractivity contribution in [2.24, 2.45) is 0 Å². The van der Waals surface area contributed by atoms with Crippen LogP contribution in [-0.4, -0.2) is 49.7 Å². The molecule has 2 rings (SSSR count). The molecule has 0 atom stereocenters. The third-order valence-electron chi connectivity index (χ3n) is 4.16. The Morgan fingerprint density at radius 1 is 1.17 bits per heavy atom. The molecule has 1 aromatic rings. The fraction of sp³-hybridized carbons (Fsp3) is 0.556. The highest BCUT2D eigenvalue weighted by Gasteiger charge is 2.23. The normalized spacial score (nSPS) is 16.1. The Labute approximate surface area is 137 Å². The lowest BCUT2D eigenvalue weighted by molar-refractivity contribution is 0.0112. The van der Waals surface area contributed by atoms with Crippen LogP contribution in [0.15, 0.2) is 24.3 Å². The van der Waals surface area contributed by atoms with E-state index >= 15 is 0 Å². The van der Waals surface area contributed by atoms with Crippen LogP contribution in [0.2, 0.25) is 0 Å². The molecule has 0 saturated carbocycles. The molecule has 0 amide bonds. The molecule has 1 heterocycles. The van der Waals surface area contributed by atoms with Crippen molar-refractivity contribution in [1.82, 2.24) is 4.90 Å². The molecule has 0 N–H and O–H groups in total. The number of rotatable bonds is 6. The number of carbonyl (C=O) groups excluding carboxylic acids is 2. The van der Waals surface area contributed by atoms with E-state index < -0.39 is 5.97 Å². The molecule has 5 heteroatoms. The SMILES string of the molecule is CCCCN1CCC(OC(=O)c2cccc(C(=O)OC)c2)CC1. The average molecular weight is 319 g/mol. The number of unbranched alkanes of at least 4 members (excludes halogenated alkanes) is 1. The molecule has 126 valence electrons. The van der Waals surface area contributed by atoms with Gasteiger partial charge in [-0.05, 0) is 44.0 Å². The number of ether oxygens (including phenoxy) is 2. The van der Waals surface area contributed by atoms with Gasteiger partial charge in [0.05, 0.1) is 18.2 Å². The number of piperidine rings is 1. The van der Waals surface area contributed by atoms with Crippen LogP contribution in [0.25, 0.3) is 0 Å². The van der Waals surface area contributed by atoms with Crippen LogP contribution in [0.3, 0.4) is 0 Å². The summed E-state index contributed by atoms with van der Waals surface area (Å²) in [5, 5.41) is 0. The zero-order chi connectivity index (χ0) is 16.7. The molecule has 1 aliphatic rings. The average Bonchev–Trinajstić information content (AvgIpc) is 2.60. The van der Waals surface area contributed by atoms with E-state index in [9.17, 15) is 9.59 Å². The lowest BCUT2D eigenvalue weighted by Crippen LogP contribution is -2.38. The summed E-state index contributed by atoms with van der Waals surface area (Å²) in [6, 6.07) is 6.46. The molecule has 1 aliphatic heterocycles. The van der Waals surface area contributed by atoms with Gasteiger partial charge in [-0.2, -0.15) is 0 Å². The Hall–Kier alpha value is -1.88. The summed E-state index contributed by atoms with van der Waals surface area (Å²) >= 11 is 0. The van der Waals surface area contributed by atoms with Crippen LogP contribution in [0.5, 0.6) is 0 Å². The first-order chi connectivity index (χ1) is 11.1. The number of hydrogen-bond acceptors (Lipinski definition) is 5. The zero-order valence-corrected chi connectivity index (χ0v) is 13.9. The maximum absolute atomic E-state index is 12.2. The van der Waals surface area contributed by atoms with Gasteiger partial charge in [0.1, 0.15) is 6.10 Å². The second kappa shape index (κ2) is 8.67. The van der Waals surface area contributed by atoms with E-state index in [2.05, 4.69) is 16.6 Å². The number of likely N-dealkylation sites (tertiary alicyclic amines) is 1. The molecular formula is C18H25NO4. The molecule has 0 aliphatic carbocycles. The maximum atomic E-state index is 12.2. The van der Waals surface area contributed by atoms with Crippen LogP contribution in [-0.2, 0) is 9.47 Å². The van der Waals surface area contributed by atoms with Gasteiger partial charge in [-0.15, -0.1) is 0 Å². The number of nitrogens with zero attached hydrogens (tertiary/aromatic N) is 1. The molecule has 0 radical (unpaired) electrons. The van der Waals surface area contributed by atoms with E-state index in [1.54, 1.807) is 18.2 Å². The summed E-state index contributed by atoms with van der Waals surface area (Å²) in [5.41, 5.74) is 0.748. The highest BCUT2D eigenvalue weighted by Crippen LogP contribution is 2.17. The maximum Gasteiger partial charge on any atom is 0.338 e. The first kappa shape index (κ1) is 17.5. The highest BCUT2D eigenvalue weighted by atomic mass is 16.5. The monoisotopic (exact) mass is 319 g/mol. The van der Waals surface area contributed by atoms with Crippen LogP contribution < -0.4 is 0 Å². The van der Waals surface area contributed by atoms with Crippen LogP contribution >= 0.6 is 0 Å². The summed E-state index contributed by atoms with van der Waals surface area (Å²) in [5.74, 6) is -0.827. The molecule has 1 fully saturated rings. The predicted octanol–water partition coefficient (Wildman–Crippen LogP) is 2.89. The summed E-state index contributed by atoms with van der Waals surface area (Å²) in [6.07, 6.45) is 4.11. The van der Waals surface area contributed by atoms with Crippen molar-refractivity contribution < 1.29 is 19.1 Å². The largest absolute Gasteiger partial charge is 0.465 e. The molecule has 0 aromatic heterocycles. The van der Waals surface area contributed by atoms with Gasteiger partial charge < -0.3 is 14.4 Å². The summed E-state index contributed by atoms with van der Waals surface area (Å²) in [6.45, 7) is 5.26. The van der Waals surface area contributed by atoms with Gasteiger partial charge in [-0.1, -0.05) is 19.4 Å². The Kier molecular flexibility index (Phi) is 6.59. The Balaban J connectivity index is 1.87. The lowest BCUT2D eigenvalue weighted by atomic mass is 10.1. The minimum absolute atomic E-state index is 0.0397. The molecule has 23 heavy (non-hydrogen) atoms. The number of esters is 2. The van der Waals surface area contributed by atoms with Gasteiger partial charge in [0, 0.05) is 13.1 Å². The summed E-state index contributed by atoms with van der Waals surface area (Å²) in [4.78, 5) is 26.2. The van der Waals surface area contributed by atoms with Crippen LogP contribution in [0.4, 0.5) is 0 Å². The first-order valence-corrected chi connectivity index (χ1v) is 8.25. The second-order valence-corrected chi connectivity index (χ2v) is 5.87. The van der Waals surface area contributed by atoms with Gasteiger partial charge in [0.2, 0.25) is 0 Å². The number of methoxy groups -OCH3 is 1. The lowest BCUT2D eigenvalue weighted by Gasteiger charge is -2.31. The van der Waals surface area contributed by atoms with Gasteiger partial charge in [-0.25, -0.2) is 9.59 Å². The molecule has 0 spiro atoms. The number of carbonyl (C=O) groups is 2. The fourth-order valence-corrected chi connectivity index (χ4v) is 2.74. The van der Waals surface area contributed by atoms with Gasteiger partial charge >= 0.3 is 11.9 Å². The van der Waals surface area contributed by atoms with Gasteiger partial charge in [0.15, 0.2) is 0 Å². The molecule has 1 saturated heterocycles.